The number of hydrogen-bond donors (Lipinski definition) is 3. The number of nitrogens with zero attached hydrogens (tertiary/aromatic N) is 3. The highest BCUT2D eigenvalue weighted by Gasteiger charge is 2.34. The van der Waals surface area contributed by atoms with Gasteiger partial charge in [0, 0.05) is 31.8 Å². The number of hydrogen-bond acceptors (Lipinski definition) is 6. The van der Waals surface area contributed by atoms with E-state index in [-0.39, 0.29) is 18.8 Å². The maximum absolute atomic E-state index is 12.9. The van der Waals surface area contributed by atoms with Gasteiger partial charge in [0.05, 0.1) is 0 Å². The second-order valence-corrected chi connectivity index (χ2v) is 7.28. The van der Waals surface area contributed by atoms with Gasteiger partial charge in [-0.15, -0.1) is 0 Å². The molecule has 1 aliphatic heterocycles. The Balaban J connectivity index is 2.10. The van der Waals surface area contributed by atoms with Gasteiger partial charge in [-0.3, -0.25) is 13.9 Å². The summed E-state index contributed by atoms with van der Waals surface area (Å²) in [5.41, 5.74) is 0.266. The number of nitrogens with one attached hydrogen (secondary N) is 1. The van der Waals surface area contributed by atoms with Gasteiger partial charge in [0.25, 0.3) is 5.56 Å². The zero-order chi connectivity index (χ0) is 21.1. The van der Waals surface area contributed by atoms with E-state index in [1.54, 1.807) is 26.1 Å². The van der Waals surface area contributed by atoms with Crippen LogP contribution in [0.25, 0.3) is 0 Å². The van der Waals surface area contributed by atoms with Crippen molar-refractivity contribution in [3.05, 3.63) is 55.7 Å². The molecule has 0 aliphatic carbocycles. The zero-order valence-electron chi connectivity index (χ0n) is 16.2. The molecule has 29 heavy (non-hydrogen) atoms. The van der Waals surface area contributed by atoms with Gasteiger partial charge in [-0.1, -0.05) is 35.6 Å². The highest BCUT2D eigenvalue weighted by atomic mass is 35.5. The van der Waals surface area contributed by atoms with Crippen molar-refractivity contribution >= 4 is 23.1 Å². The fourth-order valence-corrected chi connectivity index (χ4v) is 3.37. The molecule has 3 N–H and O–H groups in total. The van der Waals surface area contributed by atoms with E-state index in [9.17, 15) is 14.7 Å². The van der Waals surface area contributed by atoms with Crippen molar-refractivity contribution in [3.63, 3.8) is 0 Å². The summed E-state index contributed by atoms with van der Waals surface area (Å²) < 4.78 is 2.51. The molecule has 0 bridgehead atoms. The van der Waals surface area contributed by atoms with Gasteiger partial charge in [0.1, 0.15) is 17.6 Å². The van der Waals surface area contributed by atoms with Crippen molar-refractivity contribution in [2.24, 2.45) is 7.05 Å². The minimum absolute atomic E-state index is 0.120. The molecule has 154 valence electrons. The van der Waals surface area contributed by atoms with Crippen molar-refractivity contribution in [3.8, 4) is 11.8 Å². The van der Waals surface area contributed by atoms with E-state index in [1.807, 2.05) is 17.0 Å². The Labute approximate surface area is 173 Å². The molecular formula is C20H23ClN4O4. The van der Waals surface area contributed by atoms with Crippen LogP contribution in [0.15, 0.2) is 33.9 Å². The van der Waals surface area contributed by atoms with Crippen LogP contribution in [0.2, 0.25) is 5.02 Å². The number of halogens is 1. The van der Waals surface area contributed by atoms with Crippen LogP contribution in [0.4, 0.5) is 11.5 Å². The summed E-state index contributed by atoms with van der Waals surface area (Å²) in [6.07, 6.45) is -1.13. The Morgan fingerprint density at radius 1 is 1.28 bits per heavy atom. The topological polar surface area (TPSA) is 99.7 Å². The van der Waals surface area contributed by atoms with Crippen LogP contribution in [0, 0.1) is 11.8 Å². The third-order valence-corrected chi connectivity index (χ3v) is 4.87. The third-order valence-electron chi connectivity index (χ3n) is 4.62. The van der Waals surface area contributed by atoms with E-state index in [2.05, 4.69) is 17.2 Å². The molecule has 9 heteroatoms. The lowest BCUT2D eigenvalue weighted by Crippen LogP contribution is -2.41. The molecular weight excluding hydrogens is 396 g/mol. The Kier molecular flexibility index (Phi) is 6.33. The molecule has 0 fully saturated rings. The lowest BCUT2D eigenvalue weighted by Gasteiger charge is -2.24. The van der Waals surface area contributed by atoms with E-state index < -0.39 is 23.5 Å². The molecule has 1 aliphatic rings. The number of fused-ring (bicyclic) bond motifs is 1. The Morgan fingerprint density at radius 2 is 1.97 bits per heavy atom. The molecule has 0 spiro atoms. The van der Waals surface area contributed by atoms with E-state index in [4.69, 9.17) is 16.7 Å². The third kappa shape index (κ3) is 4.32. The van der Waals surface area contributed by atoms with Crippen LogP contribution in [-0.2, 0) is 20.1 Å². The molecule has 2 atom stereocenters. The van der Waals surface area contributed by atoms with Gasteiger partial charge in [0.2, 0.25) is 0 Å². The van der Waals surface area contributed by atoms with E-state index in [1.165, 1.54) is 4.57 Å². The summed E-state index contributed by atoms with van der Waals surface area (Å²) in [6, 6.07) is 7.26. The smallest absolute Gasteiger partial charge is 0.332 e. The second-order valence-electron chi connectivity index (χ2n) is 6.84. The van der Waals surface area contributed by atoms with E-state index in [0.29, 0.717) is 23.8 Å². The van der Waals surface area contributed by atoms with Gasteiger partial charge in [-0.05, 0) is 31.0 Å². The molecule has 0 amide bonds. The van der Waals surface area contributed by atoms with Crippen molar-refractivity contribution in [2.75, 3.05) is 16.8 Å². The molecule has 1 aromatic carbocycles. The molecule has 2 heterocycles. The van der Waals surface area contributed by atoms with Gasteiger partial charge in [-0.25, -0.2) is 4.79 Å². The van der Waals surface area contributed by atoms with Crippen molar-refractivity contribution in [1.82, 2.24) is 9.13 Å². The average molecular weight is 419 g/mol. The van der Waals surface area contributed by atoms with Crippen LogP contribution in [0.3, 0.4) is 0 Å². The van der Waals surface area contributed by atoms with Crippen LogP contribution < -0.4 is 21.5 Å². The molecule has 0 radical (unpaired) electrons. The summed E-state index contributed by atoms with van der Waals surface area (Å²) >= 11 is 5.97. The predicted octanol–water partition coefficient (Wildman–Crippen LogP) is 0.725. The Hall–Kier alpha value is -2.73. The normalized spacial score (nSPS) is 16.0. The minimum Gasteiger partial charge on any atom is -0.396 e. The quantitative estimate of drug-likeness (QED) is 0.619. The largest absolute Gasteiger partial charge is 0.396 e. The van der Waals surface area contributed by atoms with Crippen molar-refractivity contribution in [1.29, 1.82) is 0 Å². The second kappa shape index (κ2) is 8.74. The van der Waals surface area contributed by atoms with Crippen LogP contribution in [0.5, 0.6) is 0 Å². The van der Waals surface area contributed by atoms with Crippen LogP contribution in [0.1, 0.15) is 18.9 Å². The zero-order valence-corrected chi connectivity index (χ0v) is 17.0. The number of anilines is 2. The first kappa shape index (κ1) is 21.0. The van der Waals surface area contributed by atoms with Crippen LogP contribution >= 0.6 is 11.6 Å². The number of aromatic nitrogens is 2. The summed E-state index contributed by atoms with van der Waals surface area (Å²) in [5.74, 6) is 6.06. The first-order valence-electron chi connectivity index (χ1n) is 9.25. The molecule has 3 rings (SSSR count). The average Bonchev–Trinajstić information content (AvgIpc) is 3.05. The maximum atomic E-state index is 12.9. The number of aliphatic hydroxyl groups is 2. The fourth-order valence-electron chi connectivity index (χ4n) is 3.25. The summed E-state index contributed by atoms with van der Waals surface area (Å²) in [6.45, 7) is 1.93. The first-order valence-corrected chi connectivity index (χ1v) is 9.62. The molecule has 2 unspecified atom stereocenters. The standard InChI is InChI=1S/C20H23ClN4O4/c1-13(27)4-9-16-22-17-18(25(16)12-14-5-7-15(21)8-6-14)23(2)20(29)24(19(17)28)10-3-11-26/h5-8,13,16,22,26-27H,3,10-12H2,1-2H3. The number of benzene rings is 1. The maximum Gasteiger partial charge on any atom is 0.332 e. The van der Waals surface area contributed by atoms with E-state index >= 15 is 0 Å². The summed E-state index contributed by atoms with van der Waals surface area (Å²) in [7, 11) is 1.59. The molecule has 8 nitrogen and oxygen atoms in total. The monoisotopic (exact) mass is 418 g/mol. The minimum atomic E-state index is -0.831. The molecule has 1 aromatic heterocycles. The highest BCUT2D eigenvalue weighted by molar-refractivity contribution is 6.30. The van der Waals surface area contributed by atoms with Gasteiger partial charge in [-0.2, -0.15) is 0 Å². The lowest BCUT2D eigenvalue weighted by atomic mass is 10.2. The summed E-state index contributed by atoms with van der Waals surface area (Å²) in [4.78, 5) is 27.5. The SMILES string of the molecule is CC(O)C#CC1Nc2c(n(C)c(=O)n(CCCO)c2=O)N1Cc1ccc(Cl)cc1. The number of rotatable bonds is 5. The highest BCUT2D eigenvalue weighted by Crippen LogP contribution is 2.31. The fraction of sp³-hybridized carbons (Fsp3) is 0.400. The predicted molar refractivity (Wildman–Crippen MR) is 112 cm³/mol. The Bertz CT molecular complexity index is 1060. The van der Waals surface area contributed by atoms with Crippen molar-refractivity contribution < 1.29 is 10.2 Å². The van der Waals surface area contributed by atoms with Gasteiger partial charge < -0.3 is 20.4 Å². The molecule has 0 saturated carbocycles. The number of aliphatic hydroxyl groups excluding tert-OH is 2. The lowest BCUT2D eigenvalue weighted by molar-refractivity contribution is 0.253. The van der Waals surface area contributed by atoms with Crippen molar-refractivity contribution in [2.45, 2.75) is 38.7 Å². The van der Waals surface area contributed by atoms with Gasteiger partial charge in [0.15, 0.2) is 6.17 Å². The molecule has 0 saturated heterocycles. The van der Waals surface area contributed by atoms with E-state index in [0.717, 1.165) is 10.1 Å². The first-order chi connectivity index (χ1) is 13.8. The van der Waals surface area contributed by atoms with Crippen LogP contribution in [-0.4, -0.2) is 38.2 Å². The van der Waals surface area contributed by atoms with Gasteiger partial charge >= 0.3 is 5.69 Å². The molecule has 2 aromatic rings. The summed E-state index contributed by atoms with van der Waals surface area (Å²) in [5, 5.41) is 22.3. The Morgan fingerprint density at radius 3 is 2.59 bits per heavy atom.